The van der Waals surface area contributed by atoms with Crippen molar-refractivity contribution in [1.29, 1.82) is 0 Å². The van der Waals surface area contributed by atoms with Crippen LogP contribution < -0.4 is 15.4 Å². The monoisotopic (exact) mass is 544 g/mol. The summed E-state index contributed by atoms with van der Waals surface area (Å²) in [5.41, 5.74) is 3.24. The molecule has 3 aromatic rings. The van der Waals surface area contributed by atoms with Crippen LogP contribution in [0.5, 0.6) is 5.75 Å². The zero-order valence-corrected chi connectivity index (χ0v) is 23.5. The molecule has 1 aliphatic rings. The number of nitrogens with one attached hydrogen (secondary N) is 2. The minimum atomic E-state index is -1.53. The standard InChI is InChI=1S/C32H36N2O6/c1-31(2,3)40-21-16-14-20(15-17-21)18-27(28(35)34-32(4,5)29(36)37)33-30(38)39-19-26-24-12-8-6-10-22(24)23-11-7-9-13-25(23)26/h6-17,26-27H,18-19H2,1-5H3,(H,33,38)(H,34,35)(H,36,37)/t27-/m0/s1. The number of carbonyl (C=O) groups excluding carboxylic acids is 2. The molecule has 3 aromatic carbocycles. The molecule has 0 radical (unpaired) electrons. The molecule has 0 saturated heterocycles. The summed E-state index contributed by atoms with van der Waals surface area (Å²) >= 11 is 0. The Morgan fingerprint density at radius 2 is 1.40 bits per heavy atom. The first-order chi connectivity index (χ1) is 18.8. The quantitative estimate of drug-likeness (QED) is 0.337. The van der Waals surface area contributed by atoms with Gasteiger partial charge in [-0.3, -0.25) is 4.79 Å². The number of carboxylic acids is 1. The molecule has 3 N–H and O–H groups in total. The van der Waals surface area contributed by atoms with Crippen LogP contribution in [0.1, 0.15) is 57.2 Å². The molecule has 0 spiro atoms. The highest BCUT2D eigenvalue weighted by Crippen LogP contribution is 2.44. The zero-order valence-electron chi connectivity index (χ0n) is 23.5. The Morgan fingerprint density at radius 1 is 0.850 bits per heavy atom. The lowest BCUT2D eigenvalue weighted by Crippen LogP contribution is -2.57. The maximum absolute atomic E-state index is 13.2. The Hall–Kier alpha value is -4.33. The van der Waals surface area contributed by atoms with Crippen LogP contribution in [0.15, 0.2) is 72.8 Å². The van der Waals surface area contributed by atoms with Gasteiger partial charge >= 0.3 is 12.1 Å². The molecule has 0 heterocycles. The molecule has 0 unspecified atom stereocenters. The normalized spacial score (nSPS) is 13.5. The number of alkyl carbamates (subject to hydrolysis) is 1. The maximum Gasteiger partial charge on any atom is 0.407 e. The summed E-state index contributed by atoms with van der Waals surface area (Å²) in [4.78, 5) is 37.8. The Balaban J connectivity index is 1.48. The van der Waals surface area contributed by atoms with E-state index in [0.717, 1.165) is 27.8 Å². The Morgan fingerprint density at radius 3 is 1.93 bits per heavy atom. The Labute approximate surface area is 234 Å². The SMILES string of the molecule is CC(C)(C)Oc1ccc(C[C@H](NC(=O)OCC2c3ccccc3-c3ccccc32)C(=O)NC(C)(C)C(=O)O)cc1. The summed E-state index contributed by atoms with van der Waals surface area (Å²) in [6, 6.07) is 22.2. The van der Waals surface area contributed by atoms with Crippen LogP contribution in [0, 0.1) is 0 Å². The second kappa shape index (κ2) is 11.4. The van der Waals surface area contributed by atoms with Crippen molar-refractivity contribution in [3.05, 3.63) is 89.5 Å². The summed E-state index contributed by atoms with van der Waals surface area (Å²) in [5, 5.41) is 14.7. The van der Waals surface area contributed by atoms with Gasteiger partial charge in [0.25, 0.3) is 0 Å². The molecule has 40 heavy (non-hydrogen) atoms. The number of ether oxygens (including phenoxy) is 2. The van der Waals surface area contributed by atoms with Gasteiger partial charge in [0.05, 0.1) is 0 Å². The van der Waals surface area contributed by atoms with E-state index in [1.165, 1.54) is 13.8 Å². The summed E-state index contributed by atoms with van der Waals surface area (Å²) < 4.78 is 11.5. The van der Waals surface area contributed by atoms with Crippen molar-refractivity contribution in [2.75, 3.05) is 6.61 Å². The van der Waals surface area contributed by atoms with Crippen molar-refractivity contribution in [2.45, 2.75) is 64.1 Å². The first kappa shape index (κ1) is 28.7. The third kappa shape index (κ3) is 6.81. The second-order valence-electron chi connectivity index (χ2n) is 11.5. The van der Waals surface area contributed by atoms with Gasteiger partial charge in [0.2, 0.25) is 5.91 Å². The lowest BCUT2D eigenvalue weighted by molar-refractivity contribution is -0.146. The van der Waals surface area contributed by atoms with E-state index in [0.29, 0.717) is 5.75 Å². The fourth-order valence-electron chi connectivity index (χ4n) is 4.72. The van der Waals surface area contributed by atoms with Crippen molar-refractivity contribution in [3.8, 4) is 16.9 Å². The largest absolute Gasteiger partial charge is 0.488 e. The minimum absolute atomic E-state index is 0.0909. The molecular formula is C32H36N2O6. The van der Waals surface area contributed by atoms with Crippen LogP contribution in [-0.2, 0) is 20.7 Å². The van der Waals surface area contributed by atoms with Gasteiger partial charge in [-0.25, -0.2) is 9.59 Å². The molecule has 8 heteroatoms. The molecule has 0 bridgehead atoms. The number of amides is 2. The molecule has 4 rings (SSSR count). The van der Waals surface area contributed by atoms with Crippen molar-refractivity contribution in [3.63, 3.8) is 0 Å². The molecule has 210 valence electrons. The average molecular weight is 545 g/mol. The fraction of sp³-hybridized carbons (Fsp3) is 0.344. The summed E-state index contributed by atoms with van der Waals surface area (Å²) in [6.45, 7) is 8.71. The predicted octanol–water partition coefficient (Wildman–Crippen LogP) is 5.29. The second-order valence-corrected chi connectivity index (χ2v) is 11.5. The van der Waals surface area contributed by atoms with Crippen LogP contribution in [0.2, 0.25) is 0 Å². The van der Waals surface area contributed by atoms with E-state index in [4.69, 9.17) is 9.47 Å². The van der Waals surface area contributed by atoms with Gasteiger partial charge < -0.3 is 25.2 Å². The van der Waals surface area contributed by atoms with Gasteiger partial charge in [-0.2, -0.15) is 0 Å². The van der Waals surface area contributed by atoms with Crippen LogP contribution in [0.4, 0.5) is 4.79 Å². The lowest BCUT2D eigenvalue weighted by atomic mass is 9.98. The molecule has 1 aliphatic carbocycles. The van der Waals surface area contributed by atoms with Crippen LogP contribution in [0.3, 0.4) is 0 Å². The number of hydrogen-bond acceptors (Lipinski definition) is 5. The van der Waals surface area contributed by atoms with E-state index in [-0.39, 0.29) is 24.5 Å². The van der Waals surface area contributed by atoms with Crippen LogP contribution in [0.25, 0.3) is 11.1 Å². The summed E-state index contributed by atoms with van der Waals surface area (Å²) in [7, 11) is 0. The smallest absolute Gasteiger partial charge is 0.407 e. The topological polar surface area (TPSA) is 114 Å². The molecule has 0 fully saturated rings. The highest BCUT2D eigenvalue weighted by Gasteiger charge is 2.34. The van der Waals surface area contributed by atoms with Gasteiger partial charge in [-0.1, -0.05) is 60.7 Å². The third-order valence-corrected chi connectivity index (χ3v) is 6.71. The van der Waals surface area contributed by atoms with E-state index >= 15 is 0 Å². The van der Waals surface area contributed by atoms with Gasteiger partial charge in [-0.05, 0) is 74.6 Å². The maximum atomic E-state index is 13.2. The highest BCUT2D eigenvalue weighted by atomic mass is 16.5. The van der Waals surface area contributed by atoms with Gasteiger partial charge in [0.1, 0.15) is 29.5 Å². The number of carbonyl (C=O) groups is 3. The first-order valence-electron chi connectivity index (χ1n) is 13.3. The number of benzene rings is 3. The number of fused-ring (bicyclic) bond motifs is 3. The molecule has 8 nitrogen and oxygen atoms in total. The van der Waals surface area contributed by atoms with Crippen molar-refractivity contribution in [1.82, 2.24) is 10.6 Å². The highest BCUT2D eigenvalue weighted by molar-refractivity contribution is 5.91. The third-order valence-electron chi connectivity index (χ3n) is 6.71. The van der Waals surface area contributed by atoms with E-state index in [1.54, 1.807) is 12.1 Å². The number of aliphatic carboxylic acids is 1. The van der Waals surface area contributed by atoms with Crippen LogP contribution >= 0.6 is 0 Å². The molecular weight excluding hydrogens is 508 g/mol. The van der Waals surface area contributed by atoms with Gasteiger partial charge in [0, 0.05) is 12.3 Å². The number of hydrogen-bond donors (Lipinski definition) is 3. The fourth-order valence-corrected chi connectivity index (χ4v) is 4.72. The molecule has 0 aliphatic heterocycles. The Kier molecular flexibility index (Phi) is 8.18. The first-order valence-corrected chi connectivity index (χ1v) is 13.3. The average Bonchev–Trinajstić information content (AvgIpc) is 3.20. The number of rotatable bonds is 9. The summed E-state index contributed by atoms with van der Waals surface area (Å²) in [6.07, 6.45) is -0.635. The van der Waals surface area contributed by atoms with E-state index in [9.17, 15) is 19.5 Å². The van der Waals surface area contributed by atoms with Crippen molar-refractivity contribution in [2.24, 2.45) is 0 Å². The Bertz CT molecular complexity index is 1350. The van der Waals surface area contributed by atoms with Crippen molar-refractivity contribution >= 4 is 18.0 Å². The van der Waals surface area contributed by atoms with Gasteiger partial charge in [-0.15, -0.1) is 0 Å². The summed E-state index contributed by atoms with van der Waals surface area (Å²) in [5.74, 6) is -1.28. The zero-order chi connectivity index (χ0) is 29.1. The predicted molar refractivity (Wildman–Crippen MR) is 152 cm³/mol. The minimum Gasteiger partial charge on any atom is -0.488 e. The van der Waals surface area contributed by atoms with Gasteiger partial charge in [0.15, 0.2) is 0 Å². The van der Waals surface area contributed by atoms with E-state index in [2.05, 4.69) is 22.8 Å². The van der Waals surface area contributed by atoms with Crippen LogP contribution in [-0.4, -0.2) is 46.9 Å². The molecule has 0 saturated carbocycles. The molecule has 2 amide bonds. The lowest BCUT2D eigenvalue weighted by Gasteiger charge is -2.26. The number of carboxylic acid groups (broad SMARTS) is 1. The molecule has 0 aromatic heterocycles. The van der Waals surface area contributed by atoms with E-state index < -0.39 is 29.6 Å². The van der Waals surface area contributed by atoms with Crippen molar-refractivity contribution < 1.29 is 29.0 Å². The molecule has 1 atom stereocenters. The van der Waals surface area contributed by atoms with E-state index in [1.807, 2.05) is 69.3 Å².